The summed E-state index contributed by atoms with van der Waals surface area (Å²) in [7, 11) is -1.80. The molecule has 162 valence electrons. The van der Waals surface area contributed by atoms with Gasteiger partial charge in [-0.3, -0.25) is 0 Å². The van der Waals surface area contributed by atoms with Gasteiger partial charge in [0.15, 0.2) is 14.6 Å². The summed E-state index contributed by atoms with van der Waals surface area (Å²) >= 11 is 0. The first kappa shape index (κ1) is 22.7. The van der Waals surface area contributed by atoms with Gasteiger partial charge in [0, 0.05) is 18.9 Å². The van der Waals surface area contributed by atoms with Crippen LogP contribution in [0.3, 0.4) is 0 Å². The van der Waals surface area contributed by atoms with Gasteiger partial charge in [0.1, 0.15) is 5.60 Å². The predicted molar refractivity (Wildman–Crippen MR) is 118 cm³/mol. The van der Waals surface area contributed by atoms with Crippen molar-refractivity contribution in [2.75, 3.05) is 6.61 Å². The monoisotopic (exact) mass is 418 g/mol. The standard InChI is InChI=1S/C24H38O4Si/c1-22(2,3)29(6,7)27-14-13-20-23(4,5)21-19(15-24(20,17-25)28-21)26-16-18-11-9-8-10-12-18/h8-12,17,19-21H,13-16H2,1-7H3/t19-,20?,21+,24-/m1/s1. The highest BCUT2D eigenvalue weighted by Crippen LogP contribution is 2.59. The van der Waals surface area contributed by atoms with E-state index in [1.165, 1.54) is 0 Å². The molecule has 2 fully saturated rings. The van der Waals surface area contributed by atoms with E-state index in [0.29, 0.717) is 19.6 Å². The quantitative estimate of drug-likeness (QED) is 0.421. The topological polar surface area (TPSA) is 44.8 Å². The van der Waals surface area contributed by atoms with Crippen LogP contribution >= 0.6 is 0 Å². The zero-order valence-corrected chi connectivity index (χ0v) is 20.2. The normalized spacial score (nSPS) is 31.2. The highest BCUT2D eigenvalue weighted by atomic mass is 28.4. The highest BCUT2D eigenvalue weighted by molar-refractivity contribution is 6.74. The van der Waals surface area contributed by atoms with Crippen molar-refractivity contribution in [2.45, 2.75) is 90.0 Å². The van der Waals surface area contributed by atoms with Crippen LogP contribution < -0.4 is 0 Å². The Kier molecular flexibility index (Phi) is 6.19. The molecule has 0 aromatic heterocycles. The summed E-state index contributed by atoms with van der Waals surface area (Å²) in [5.74, 6) is 0.152. The smallest absolute Gasteiger partial charge is 0.191 e. The number of benzene rings is 1. The van der Waals surface area contributed by atoms with Crippen molar-refractivity contribution < 1.29 is 18.7 Å². The lowest BCUT2D eigenvalue weighted by atomic mass is 9.62. The van der Waals surface area contributed by atoms with Crippen LogP contribution in [0, 0.1) is 11.3 Å². The minimum atomic E-state index is -1.80. The summed E-state index contributed by atoms with van der Waals surface area (Å²) in [5, 5.41) is 0.187. The molecule has 0 aliphatic carbocycles. The van der Waals surface area contributed by atoms with Gasteiger partial charge >= 0.3 is 0 Å². The molecule has 2 aliphatic rings. The minimum absolute atomic E-state index is 0.0482. The number of hydrogen-bond acceptors (Lipinski definition) is 4. The zero-order chi connectivity index (χ0) is 21.5. The molecule has 1 aromatic carbocycles. The third kappa shape index (κ3) is 4.25. The highest BCUT2D eigenvalue weighted by Gasteiger charge is 2.67. The van der Waals surface area contributed by atoms with Gasteiger partial charge in [0.25, 0.3) is 0 Å². The van der Waals surface area contributed by atoms with Crippen LogP contribution in [-0.4, -0.2) is 39.0 Å². The Labute approximate surface area is 177 Å². The van der Waals surface area contributed by atoms with Crippen LogP contribution in [-0.2, 0) is 25.3 Å². The molecular weight excluding hydrogens is 380 g/mol. The van der Waals surface area contributed by atoms with E-state index in [1.54, 1.807) is 0 Å². The van der Waals surface area contributed by atoms with E-state index in [4.69, 9.17) is 13.9 Å². The fraction of sp³-hybridized carbons (Fsp3) is 0.708. The van der Waals surface area contributed by atoms with Crippen LogP contribution in [0.5, 0.6) is 0 Å². The number of carbonyl (C=O) groups is 1. The summed E-state index contributed by atoms with van der Waals surface area (Å²) in [6.07, 6.45) is 2.42. The molecule has 0 saturated carbocycles. The van der Waals surface area contributed by atoms with E-state index >= 15 is 0 Å². The first-order valence-electron chi connectivity index (χ1n) is 10.9. The molecule has 4 atom stereocenters. The summed E-state index contributed by atoms with van der Waals surface area (Å²) < 4.78 is 19.0. The summed E-state index contributed by atoms with van der Waals surface area (Å²) in [5.41, 5.74) is 0.274. The van der Waals surface area contributed by atoms with Crippen molar-refractivity contribution in [2.24, 2.45) is 11.3 Å². The van der Waals surface area contributed by atoms with E-state index in [1.807, 2.05) is 18.2 Å². The van der Waals surface area contributed by atoms with Crippen LogP contribution in [0.1, 0.15) is 53.0 Å². The number of carbonyl (C=O) groups excluding carboxylic acids is 1. The van der Waals surface area contributed by atoms with Gasteiger partial charge in [-0.15, -0.1) is 0 Å². The van der Waals surface area contributed by atoms with E-state index in [2.05, 4.69) is 59.8 Å². The Morgan fingerprint density at radius 3 is 2.45 bits per heavy atom. The maximum atomic E-state index is 12.2. The molecule has 0 N–H and O–H groups in total. The SMILES string of the molecule is CC1(C)C(CCO[Si](C)(C)C(C)(C)C)[C@]2(C=O)C[C@@H](OCc3ccccc3)[C@@H]1O2. The van der Waals surface area contributed by atoms with Crippen LogP contribution in [0.2, 0.25) is 18.1 Å². The Balaban J connectivity index is 1.65. The second-order valence-electron chi connectivity index (χ2n) is 10.9. The second-order valence-corrected chi connectivity index (χ2v) is 15.7. The van der Waals surface area contributed by atoms with E-state index in [0.717, 1.165) is 18.3 Å². The molecule has 3 rings (SSSR count). The lowest BCUT2D eigenvalue weighted by Crippen LogP contribution is -2.50. The first-order valence-corrected chi connectivity index (χ1v) is 13.8. The molecule has 0 spiro atoms. The third-order valence-corrected chi connectivity index (χ3v) is 12.1. The largest absolute Gasteiger partial charge is 0.417 e. The van der Waals surface area contributed by atoms with Crippen LogP contribution in [0.25, 0.3) is 0 Å². The average Bonchev–Trinajstić information content (AvgIpc) is 3.13. The van der Waals surface area contributed by atoms with Crippen molar-refractivity contribution in [3.8, 4) is 0 Å². The summed E-state index contributed by atoms with van der Waals surface area (Å²) in [6, 6.07) is 10.2. The second kappa shape index (κ2) is 7.91. The lowest BCUT2D eigenvalue weighted by Gasteiger charge is -2.42. The molecule has 1 unspecified atom stereocenters. The zero-order valence-electron chi connectivity index (χ0n) is 19.2. The predicted octanol–water partition coefficient (Wildman–Crippen LogP) is 5.37. The lowest BCUT2D eigenvalue weighted by molar-refractivity contribution is -0.127. The van der Waals surface area contributed by atoms with Gasteiger partial charge in [-0.05, 0) is 35.5 Å². The van der Waals surface area contributed by atoms with Crippen molar-refractivity contribution in [3.05, 3.63) is 35.9 Å². The van der Waals surface area contributed by atoms with Crippen molar-refractivity contribution in [1.82, 2.24) is 0 Å². The average molecular weight is 419 g/mol. The van der Waals surface area contributed by atoms with E-state index < -0.39 is 13.9 Å². The molecule has 1 aromatic rings. The first-order chi connectivity index (χ1) is 13.4. The Hall–Kier alpha value is -1.01. The number of hydrogen-bond donors (Lipinski definition) is 0. The third-order valence-electron chi connectivity index (χ3n) is 7.61. The Morgan fingerprint density at radius 2 is 1.86 bits per heavy atom. The molecule has 4 nitrogen and oxygen atoms in total. The van der Waals surface area contributed by atoms with Crippen LogP contribution in [0.4, 0.5) is 0 Å². The molecule has 2 bridgehead atoms. The number of aldehydes is 1. The van der Waals surface area contributed by atoms with Gasteiger partial charge in [0.2, 0.25) is 0 Å². The van der Waals surface area contributed by atoms with Gasteiger partial charge in [0.05, 0.1) is 18.8 Å². The van der Waals surface area contributed by atoms with Gasteiger partial charge in [-0.25, -0.2) is 0 Å². The fourth-order valence-electron chi connectivity index (χ4n) is 4.81. The van der Waals surface area contributed by atoms with E-state index in [9.17, 15) is 4.79 Å². The Morgan fingerprint density at radius 1 is 1.21 bits per heavy atom. The molecule has 2 aliphatic heterocycles. The van der Waals surface area contributed by atoms with Gasteiger partial charge < -0.3 is 18.7 Å². The van der Waals surface area contributed by atoms with Crippen molar-refractivity contribution in [1.29, 1.82) is 0 Å². The molecule has 5 heteroatoms. The number of fused-ring (bicyclic) bond motifs is 2. The fourth-order valence-corrected chi connectivity index (χ4v) is 5.87. The molecule has 29 heavy (non-hydrogen) atoms. The van der Waals surface area contributed by atoms with Crippen LogP contribution in [0.15, 0.2) is 30.3 Å². The minimum Gasteiger partial charge on any atom is -0.417 e. The maximum Gasteiger partial charge on any atom is 0.191 e. The Bertz CT molecular complexity index is 709. The van der Waals surface area contributed by atoms with Gasteiger partial charge in [-0.1, -0.05) is 65.0 Å². The molecule has 2 heterocycles. The summed E-state index contributed by atoms with van der Waals surface area (Å²) in [6.45, 7) is 17.0. The van der Waals surface area contributed by atoms with E-state index in [-0.39, 0.29) is 28.6 Å². The number of ether oxygens (including phenoxy) is 2. The number of rotatable bonds is 8. The molecule has 0 radical (unpaired) electrons. The maximum absolute atomic E-state index is 12.2. The van der Waals surface area contributed by atoms with Crippen molar-refractivity contribution >= 4 is 14.6 Å². The molecule has 2 saturated heterocycles. The van der Waals surface area contributed by atoms with Gasteiger partial charge in [-0.2, -0.15) is 0 Å². The molecule has 0 amide bonds. The van der Waals surface area contributed by atoms with Crippen molar-refractivity contribution in [3.63, 3.8) is 0 Å². The molecular formula is C24H38O4Si. The summed E-state index contributed by atoms with van der Waals surface area (Å²) in [4.78, 5) is 12.2.